The summed E-state index contributed by atoms with van der Waals surface area (Å²) in [6, 6.07) is 3.87. The molecule has 2 aromatic rings. The highest BCUT2D eigenvalue weighted by Crippen LogP contribution is 2.22. The molecule has 1 heterocycles. The first-order chi connectivity index (χ1) is 9.45. The first-order valence-corrected chi connectivity index (χ1v) is 6.13. The number of carbonyl (C=O) groups excluding carboxylic acids is 1. The van der Waals surface area contributed by atoms with Crippen molar-refractivity contribution in [2.45, 2.75) is 6.54 Å². The van der Waals surface area contributed by atoms with E-state index in [-0.39, 0.29) is 17.9 Å². The average molecular weight is 343 g/mol. The second kappa shape index (κ2) is 5.78. The van der Waals surface area contributed by atoms with Crippen molar-refractivity contribution < 1.29 is 19.1 Å². The van der Waals surface area contributed by atoms with Crippen LogP contribution >= 0.6 is 15.9 Å². The van der Waals surface area contributed by atoms with Crippen molar-refractivity contribution in [3.63, 3.8) is 0 Å². The van der Waals surface area contributed by atoms with Crippen LogP contribution in [0.4, 0.5) is 10.1 Å². The normalized spacial score (nSPS) is 10.3. The minimum Gasteiger partial charge on any atom is -0.476 e. The van der Waals surface area contributed by atoms with Gasteiger partial charge >= 0.3 is 5.97 Å². The van der Waals surface area contributed by atoms with Gasteiger partial charge in [-0.25, -0.2) is 13.9 Å². The molecule has 1 amide bonds. The van der Waals surface area contributed by atoms with Crippen LogP contribution in [0, 0.1) is 5.82 Å². The van der Waals surface area contributed by atoms with E-state index in [0.717, 1.165) is 16.9 Å². The lowest BCUT2D eigenvalue weighted by atomic mass is 10.3. The third kappa shape index (κ3) is 3.38. The van der Waals surface area contributed by atoms with Crippen molar-refractivity contribution in [2.75, 3.05) is 5.32 Å². The van der Waals surface area contributed by atoms with Gasteiger partial charge < -0.3 is 10.4 Å². The molecule has 0 aliphatic heterocycles. The van der Waals surface area contributed by atoms with Crippen molar-refractivity contribution in [1.82, 2.24) is 15.0 Å². The molecule has 9 heteroatoms. The largest absolute Gasteiger partial charge is 0.476 e. The Kier molecular flexibility index (Phi) is 4.08. The van der Waals surface area contributed by atoms with Gasteiger partial charge in [0.1, 0.15) is 12.4 Å². The molecule has 20 heavy (non-hydrogen) atoms. The summed E-state index contributed by atoms with van der Waals surface area (Å²) in [5.41, 5.74) is 0.0123. The molecule has 1 aromatic carbocycles. The van der Waals surface area contributed by atoms with Gasteiger partial charge in [-0.2, -0.15) is 0 Å². The lowest BCUT2D eigenvalue weighted by molar-refractivity contribution is -0.116. The van der Waals surface area contributed by atoms with Crippen molar-refractivity contribution in [1.29, 1.82) is 0 Å². The van der Waals surface area contributed by atoms with Crippen molar-refractivity contribution in [3.8, 4) is 0 Å². The Balaban J connectivity index is 2.05. The van der Waals surface area contributed by atoms with E-state index >= 15 is 0 Å². The summed E-state index contributed by atoms with van der Waals surface area (Å²) in [7, 11) is 0. The molecule has 0 spiro atoms. The highest BCUT2D eigenvalue weighted by atomic mass is 79.9. The number of nitrogens with zero attached hydrogens (tertiary/aromatic N) is 3. The minimum atomic E-state index is -1.23. The monoisotopic (exact) mass is 342 g/mol. The zero-order valence-electron chi connectivity index (χ0n) is 9.88. The van der Waals surface area contributed by atoms with Crippen LogP contribution in [0.5, 0.6) is 0 Å². The number of carbonyl (C=O) groups is 2. The molecule has 0 fully saturated rings. The second-order valence-corrected chi connectivity index (χ2v) is 4.63. The third-order valence-electron chi connectivity index (χ3n) is 2.27. The average Bonchev–Trinajstić information content (AvgIpc) is 2.82. The molecule has 7 nitrogen and oxygen atoms in total. The molecule has 0 aliphatic rings. The van der Waals surface area contributed by atoms with Crippen LogP contribution in [0.2, 0.25) is 0 Å². The second-order valence-electron chi connectivity index (χ2n) is 3.78. The van der Waals surface area contributed by atoms with Gasteiger partial charge in [-0.1, -0.05) is 5.21 Å². The number of hydrogen-bond acceptors (Lipinski definition) is 4. The standard InChI is InChI=1S/C11H8BrFN4O3/c12-7-2-1-6(13)3-8(7)14-10(18)5-17-4-9(11(19)20)15-16-17/h1-4H,5H2,(H,14,18)(H,19,20). The van der Waals surface area contributed by atoms with E-state index in [0.29, 0.717) is 4.47 Å². The molecular formula is C11H8BrFN4O3. The number of carboxylic acid groups (broad SMARTS) is 1. The number of aromatic carboxylic acids is 1. The quantitative estimate of drug-likeness (QED) is 0.877. The Labute approximate surface area is 120 Å². The molecule has 0 saturated carbocycles. The maximum absolute atomic E-state index is 13.1. The van der Waals surface area contributed by atoms with Crippen molar-refractivity contribution in [2.24, 2.45) is 0 Å². The predicted octanol–water partition coefficient (Wildman–Crippen LogP) is 1.52. The van der Waals surface area contributed by atoms with Gasteiger partial charge in [0.15, 0.2) is 5.69 Å². The summed E-state index contributed by atoms with van der Waals surface area (Å²) in [4.78, 5) is 22.3. The van der Waals surface area contributed by atoms with E-state index in [4.69, 9.17) is 5.11 Å². The molecule has 0 aliphatic carbocycles. The van der Waals surface area contributed by atoms with Gasteiger partial charge in [0.2, 0.25) is 5.91 Å². The molecule has 0 unspecified atom stereocenters. The Morgan fingerprint density at radius 1 is 1.45 bits per heavy atom. The lowest BCUT2D eigenvalue weighted by Crippen LogP contribution is -2.19. The summed E-state index contributed by atoms with van der Waals surface area (Å²) in [6.45, 7) is -0.233. The lowest BCUT2D eigenvalue weighted by Gasteiger charge is -2.07. The number of benzene rings is 1. The van der Waals surface area contributed by atoms with Crippen LogP contribution in [0.3, 0.4) is 0 Å². The summed E-state index contributed by atoms with van der Waals surface area (Å²) < 4.78 is 14.7. The topological polar surface area (TPSA) is 97.1 Å². The van der Waals surface area contributed by atoms with Gasteiger partial charge in [0.05, 0.1) is 11.9 Å². The Morgan fingerprint density at radius 3 is 2.85 bits per heavy atom. The Morgan fingerprint density at radius 2 is 2.20 bits per heavy atom. The van der Waals surface area contributed by atoms with Gasteiger partial charge in [0.25, 0.3) is 0 Å². The maximum Gasteiger partial charge on any atom is 0.358 e. The number of aromatic nitrogens is 3. The highest BCUT2D eigenvalue weighted by molar-refractivity contribution is 9.10. The van der Waals surface area contributed by atoms with E-state index in [9.17, 15) is 14.0 Å². The SMILES string of the molecule is O=C(Cn1cc(C(=O)O)nn1)Nc1cc(F)ccc1Br. The minimum absolute atomic E-state index is 0.233. The summed E-state index contributed by atoms with van der Waals surface area (Å²) in [5.74, 6) is -2.21. The van der Waals surface area contributed by atoms with E-state index in [1.807, 2.05) is 0 Å². The first kappa shape index (κ1) is 14.1. The first-order valence-electron chi connectivity index (χ1n) is 5.34. The summed E-state index contributed by atoms with van der Waals surface area (Å²) in [5, 5.41) is 18.0. The maximum atomic E-state index is 13.1. The Bertz CT molecular complexity index is 673. The van der Waals surface area contributed by atoms with E-state index in [1.165, 1.54) is 12.1 Å². The van der Waals surface area contributed by atoms with Crippen molar-refractivity contribution >= 4 is 33.5 Å². The van der Waals surface area contributed by atoms with E-state index in [1.54, 1.807) is 0 Å². The van der Waals surface area contributed by atoms with Crippen LogP contribution in [0.25, 0.3) is 0 Å². The van der Waals surface area contributed by atoms with Gasteiger partial charge in [-0.05, 0) is 34.1 Å². The van der Waals surface area contributed by atoms with Crippen LogP contribution in [0.1, 0.15) is 10.5 Å². The zero-order chi connectivity index (χ0) is 14.7. The van der Waals surface area contributed by atoms with Crippen LogP contribution in [-0.2, 0) is 11.3 Å². The fourth-order valence-corrected chi connectivity index (χ4v) is 1.75. The van der Waals surface area contributed by atoms with Crippen LogP contribution in [0.15, 0.2) is 28.9 Å². The van der Waals surface area contributed by atoms with Gasteiger partial charge in [-0.3, -0.25) is 4.79 Å². The number of carboxylic acids is 1. The predicted molar refractivity (Wildman–Crippen MR) is 69.7 cm³/mol. The number of anilines is 1. The molecule has 2 N–H and O–H groups in total. The van der Waals surface area contributed by atoms with E-state index < -0.39 is 17.7 Å². The number of rotatable bonds is 4. The molecule has 0 radical (unpaired) electrons. The van der Waals surface area contributed by atoms with Gasteiger partial charge in [-0.15, -0.1) is 5.10 Å². The number of amides is 1. The molecular weight excluding hydrogens is 335 g/mol. The molecule has 104 valence electrons. The molecule has 0 atom stereocenters. The fourth-order valence-electron chi connectivity index (χ4n) is 1.40. The smallest absolute Gasteiger partial charge is 0.358 e. The zero-order valence-corrected chi connectivity index (χ0v) is 11.5. The number of nitrogens with one attached hydrogen (secondary N) is 1. The Hall–Kier alpha value is -2.29. The highest BCUT2D eigenvalue weighted by Gasteiger charge is 2.12. The van der Waals surface area contributed by atoms with E-state index in [2.05, 4.69) is 31.6 Å². The summed E-state index contributed by atoms with van der Waals surface area (Å²) in [6.07, 6.45) is 1.13. The van der Waals surface area contributed by atoms with Crippen LogP contribution in [-0.4, -0.2) is 32.0 Å². The van der Waals surface area contributed by atoms with Crippen LogP contribution < -0.4 is 5.32 Å². The fraction of sp³-hybridized carbons (Fsp3) is 0.0909. The molecule has 0 bridgehead atoms. The van der Waals surface area contributed by atoms with Crippen molar-refractivity contribution in [3.05, 3.63) is 40.4 Å². The third-order valence-corrected chi connectivity index (χ3v) is 2.96. The molecule has 2 rings (SSSR count). The number of halogens is 2. The molecule has 1 aromatic heterocycles. The number of hydrogen-bond donors (Lipinski definition) is 2. The van der Waals surface area contributed by atoms with Gasteiger partial charge in [0, 0.05) is 4.47 Å². The summed E-state index contributed by atoms with van der Waals surface area (Å²) >= 11 is 3.17. The molecule has 0 saturated heterocycles.